The number of aromatic nitrogens is 2. The molecule has 1 amide bonds. The molecule has 0 saturated carbocycles. The Morgan fingerprint density at radius 2 is 2.04 bits per heavy atom. The maximum absolute atomic E-state index is 12.8. The van der Waals surface area contributed by atoms with E-state index in [2.05, 4.69) is 4.98 Å². The number of thiophene rings is 1. The molecule has 3 rings (SSSR count). The maximum atomic E-state index is 12.8. The zero-order chi connectivity index (χ0) is 18.7. The van der Waals surface area contributed by atoms with Gasteiger partial charge in [-0.15, -0.1) is 11.3 Å². The summed E-state index contributed by atoms with van der Waals surface area (Å²) in [7, 11) is 1.80. The van der Waals surface area contributed by atoms with Gasteiger partial charge in [0, 0.05) is 18.0 Å². The lowest BCUT2D eigenvalue weighted by atomic mass is 10.2. The molecule has 0 saturated heterocycles. The van der Waals surface area contributed by atoms with Crippen molar-refractivity contribution in [1.82, 2.24) is 14.5 Å². The second-order valence-electron chi connectivity index (χ2n) is 6.30. The van der Waals surface area contributed by atoms with Gasteiger partial charge in [0.05, 0.1) is 23.2 Å². The summed E-state index contributed by atoms with van der Waals surface area (Å²) in [5, 5.41) is 3.19. The van der Waals surface area contributed by atoms with Crippen LogP contribution in [-0.4, -0.2) is 33.2 Å². The van der Waals surface area contributed by atoms with Crippen molar-refractivity contribution in [2.24, 2.45) is 0 Å². The number of rotatable bonds is 6. The van der Waals surface area contributed by atoms with E-state index in [0.29, 0.717) is 22.6 Å². The average molecular weight is 388 g/mol. The van der Waals surface area contributed by atoms with Crippen LogP contribution in [0.3, 0.4) is 0 Å². The lowest BCUT2D eigenvalue weighted by Crippen LogP contribution is -2.29. The molecular formula is C19H21N3O2S2. The number of thioether (sulfide) groups is 1. The molecule has 0 N–H and O–H groups in total. The summed E-state index contributed by atoms with van der Waals surface area (Å²) < 4.78 is 1.67. The van der Waals surface area contributed by atoms with Crippen molar-refractivity contribution in [3.05, 3.63) is 57.0 Å². The molecule has 0 radical (unpaired) electrons. The van der Waals surface area contributed by atoms with E-state index in [-0.39, 0.29) is 23.3 Å². The minimum Gasteiger partial charge on any atom is -0.340 e. The highest BCUT2D eigenvalue weighted by Crippen LogP contribution is 2.21. The van der Waals surface area contributed by atoms with Crippen LogP contribution in [0.4, 0.5) is 0 Å². The first-order valence-electron chi connectivity index (χ1n) is 8.38. The summed E-state index contributed by atoms with van der Waals surface area (Å²) in [6, 6.07) is 11.3. The molecular weight excluding hydrogens is 366 g/mol. The number of amides is 1. The lowest BCUT2D eigenvalue weighted by Gasteiger charge is -2.18. The molecule has 26 heavy (non-hydrogen) atoms. The first kappa shape index (κ1) is 18.7. The molecule has 0 aliphatic heterocycles. The van der Waals surface area contributed by atoms with Gasteiger partial charge < -0.3 is 4.90 Å². The number of carbonyl (C=O) groups excluding carboxylic acids is 1. The van der Waals surface area contributed by atoms with E-state index in [4.69, 9.17) is 0 Å². The third kappa shape index (κ3) is 3.99. The first-order valence-corrected chi connectivity index (χ1v) is 10.2. The summed E-state index contributed by atoms with van der Waals surface area (Å²) >= 11 is 2.95. The van der Waals surface area contributed by atoms with E-state index < -0.39 is 0 Å². The van der Waals surface area contributed by atoms with Crippen LogP contribution in [0.25, 0.3) is 10.9 Å². The fraction of sp³-hybridized carbons (Fsp3) is 0.316. The highest BCUT2D eigenvalue weighted by molar-refractivity contribution is 7.99. The van der Waals surface area contributed by atoms with Gasteiger partial charge >= 0.3 is 0 Å². The Hall–Kier alpha value is -2.12. The van der Waals surface area contributed by atoms with Crippen molar-refractivity contribution in [3.63, 3.8) is 0 Å². The van der Waals surface area contributed by atoms with E-state index in [1.807, 2.05) is 49.6 Å². The minimum atomic E-state index is -0.0625. The van der Waals surface area contributed by atoms with Crippen LogP contribution < -0.4 is 5.56 Å². The summed E-state index contributed by atoms with van der Waals surface area (Å²) in [6.07, 6.45) is 0. The second kappa shape index (κ2) is 8.05. The number of para-hydroxylation sites is 1. The highest BCUT2D eigenvalue weighted by atomic mass is 32.2. The van der Waals surface area contributed by atoms with Crippen LogP contribution >= 0.6 is 23.1 Å². The number of benzene rings is 1. The monoisotopic (exact) mass is 387 g/mol. The standard InChI is InChI=1S/C19H21N3O2S2/c1-13(2)22-18(24)15-8-4-5-9-16(15)20-19(22)26-12-17(23)21(3)11-14-7-6-10-25-14/h4-10,13H,11-12H2,1-3H3. The molecule has 0 bridgehead atoms. The van der Waals surface area contributed by atoms with Gasteiger partial charge in [0.1, 0.15) is 0 Å². The fourth-order valence-corrected chi connectivity index (χ4v) is 4.47. The van der Waals surface area contributed by atoms with Crippen LogP contribution in [0, 0.1) is 0 Å². The van der Waals surface area contributed by atoms with Gasteiger partial charge in [0.25, 0.3) is 5.56 Å². The smallest absolute Gasteiger partial charge is 0.262 e. The number of carbonyl (C=O) groups is 1. The molecule has 0 unspecified atom stereocenters. The van der Waals surface area contributed by atoms with E-state index in [1.165, 1.54) is 11.8 Å². The van der Waals surface area contributed by atoms with E-state index in [1.54, 1.807) is 33.9 Å². The normalized spacial score (nSPS) is 11.2. The van der Waals surface area contributed by atoms with Crippen molar-refractivity contribution < 1.29 is 4.79 Å². The average Bonchev–Trinajstić information content (AvgIpc) is 3.12. The molecule has 3 aromatic rings. The van der Waals surface area contributed by atoms with Gasteiger partial charge in [-0.2, -0.15) is 0 Å². The third-order valence-electron chi connectivity index (χ3n) is 4.02. The number of fused-ring (bicyclic) bond motifs is 1. The van der Waals surface area contributed by atoms with Crippen LogP contribution in [0.15, 0.2) is 51.7 Å². The topological polar surface area (TPSA) is 55.2 Å². The summed E-state index contributed by atoms with van der Waals surface area (Å²) in [4.78, 5) is 32.7. The Balaban J connectivity index is 1.80. The lowest BCUT2D eigenvalue weighted by molar-refractivity contribution is -0.127. The first-order chi connectivity index (χ1) is 12.5. The molecule has 0 aliphatic carbocycles. The Labute approximate surface area is 160 Å². The van der Waals surface area contributed by atoms with Gasteiger partial charge in [-0.1, -0.05) is 30.0 Å². The molecule has 136 valence electrons. The van der Waals surface area contributed by atoms with E-state index in [0.717, 1.165) is 4.88 Å². The van der Waals surface area contributed by atoms with Crippen molar-refractivity contribution in [2.45, 2.75) is 31.6 Å². The molecule has 0 atom stereocenters. The van der Waals surface area contributed by atoms with Crippen molar-refractivity contribution >= 4 is 39.9 Å². The Morgan fingerprint density at radius 1 is 1.27 bits per heavy atom. The number of hydrogen-bond donors (Lipinski definition) is 0. The van der Waals surface area contributed by atoms with Gasteiger partial charge in [-0.3, -0.25) is 14.2 Å². The van der Waals surface area contributed by atoms with Crippen LogP contribution in [0.5, 0.6) is 0 Å². The predicted octanol–water partition coefficient (Wildman–Crippen LogP) is 3.79. The van der Waals surface area contributed by atoms with Gasteiger partial charge in [-0.25, -0.2) is 4.98 Å². The van der Waals surface area contributed by atoms with E-state index >= 15 is 0 Å². The Kier molecular flexibility index (Phi) is 5.78. The van der Waals surface area contributed by atoms with Crippen molar-refractivity contribution in [1.29, 1.82) is 0 Å². The highest BCUT2D eigenvalue weighted by Gasteiger charge is 2.17. The molecule has 7 heteroatoms. The third-order valence-corrected chi connectivity index (χ3v) is 5.81. The zero-order valence-corrected chi connectivity index (χ0v) is 16.6. The van der Waals surface area contributed by atoms with Crippen LogP contribution in [0.2, 0.25) is 0 Å². The summed E-state index contributed by atoms with van der Waals surface area (Å²) in [6.45, 7) is 4.50. The number of hydrogen-bond acceptors (Lipinski definition) is 5. The Bertz CT molecular complexity index is 965. The second-order valence-corrected chi connectivity index (χ2v) is 8.27. The van der Waals surface area contributed by atoms with Crippen LogP contribution in [0.1, 0.15) is 24.8 Å². The molecule has 0 fully saturated rings. The SMILES string of the molecule is CC(C)n1c(SCC(=O)N(C)Cc2cccs2)nc2ccccc2c1=O. The molecule has 1 aromatic carbocycles. The molecule has 0 aliphatic rings. The minimum absolute atomic E-state index is 0.0149. The quantitative estimate of drug-likeness (QED) is 0.477. The zero-order valence-electron chi connectivity index (χ0n) is 15.0. The molecule has 0 spiro atoms. The predicted molar refractivity (Wildman–Crippen MR) is 108 cm³/mol. The largest absolute Gasteiger partial charge is 0.340 e. The van der Waals surface area contributed by atoms with Gasteiger partial charge in [0.2, 0.25) is 5.91 Å². The van der Waals surface area contributed by atoms with Crippen molar-refractivity contribution in [3.8, 4) is 0 Å². The number of nitrogens with zero attached hydrogens (tertiary/aromatic N) is 3. The molecule has 5 nitrogen and oxygen atoms in total. The fourth-order valence-electron chi connectivity index (χ4n) is 2.64. The van der Waals surface area contributed by atoms with Gasteiger partial charge in [0.15, 0.2) is 5.16 Å². The van der Waals surface area contributed by atoms with E-state index in [9.17, 15) is 9.59 Å². The van der Waals surface area contributed by atoms with Crippen molar-refractivity contribution in [2.75, 3.05) is 12.8 Å². The van der Waals surface area contributed by atoms with Crippen LogP contribution in [-0.2, 0) is 11.3 Å². The Morgan fingerprint density at radius 3 is 2.73 bits per heavy atom. The maximum Gasteiger partial charge on any atom is 0.262 e. The summed E-state index contributed by atoms with van der Waals surface area (Å²) in [5.74, 6) is 0.264. The molecule has 2 heterocycles. The van der Waals surface area contributed by atoms with Gasteiger partial charge in [-0.05, 0) is 37.4 Å². The summed E-state index contributed by atoms with van der Waals surface area (Å²) in [5.41, 5.74) is 0.601. The molecule has 2 aromatic heterocycles.